The van der Waals surface area contributed by atoms with Gasteiger partial charge in [0.1, 0.15) is 0 Å². The second-order valence-corrected chi connectivity index (χ2v) is 5.04. The van der Waals surface area contributed by atoms with E-state index in [0.29, 0.717) is 6.42 Å². The van der Waals surface area contributed by atoms with Crippen LogP contribution in [-0.2, 0) is 17.6 Å². The molecule has 21 heavy (non-hydrogen) atoms. The molecule has 0 fully saturated rings. The molecule has 1 atom stereocenters. The molecule has 0 saturated heterocycles. The Kier molecular flexibility index (Phi) is 5.43. The van der Waals surface area contributed by atoms with Gasteiger partial charge in [-0.25, -0.2) is 4.68 Å². The summed E-state index contributed by atoms with van der Waals surface area (Å²) >= 11 is 0. The van der Waals surface area contributed by atoms with Crippen LogP contribution in [0.1, 0.15) is 43.6 Å². The molecule has 1 unspecified atom stereocenters. The second kappa shape index (κ2) is 7.52. The van der Waals surface area contributed by atoms with E-state index in [4.69, 9.17) is 5.11 Å². The highest BCUT2D eigenvalue weighted by molar-refractivity contribution is 5.67. The quantitative estimate of drug-likeness (QED) is 0.806. The maximum atomic E-state index is 10.9. The zero-order chi connectivity index (χ0) is 15.1. The first-order chi connectivity index (χ1) is 10.2. The molecule has 0 radical (unpaired) electrons. The van der Waals surface area contributed by atoms with E-state index in [2.05, 4.69) is 27.7 Å². The summed E-state index contributed by atoms with van der Waals surface area (Å²) in [6, 6.07) is 10.1. The number of rotatable bonds is 8. The van der Waals surface area contributed by atoms with Crippen LogP contribution in [-0.4, -0.2) is 31.3 Å². The van der Waals surface area contributed by atoms with Gasteiger partial charge in [0.2, 0.25) is 0 Å². The van der Waals surface area contributed by atoms with Crippen molar-refractivity contribution in [3.05, 3.63) is 41.7 Å². The maximum Gasteiger partial charge on any atom is 0.305 e. The van der Waals surface area contributed by atoms with E-state index in [-0.39, 0.29) is 12.5 Å². The molecular formula is C15H20N4O2. The number of aliphatic carboxylic acids is 1. The predicted molar refractivity (Wildman–Crippen MR) is 77.9 cm³/mol. The average Bonchev–Trinajstić information content (AvgIpc) is 2.94. The molecule has 2 aromatic rings. The van der Waals surface area contributed by atoms with Gasteiger partial charge in [-0.1, -0.05) is 37.3 Å². The van der Waals surface area contributed by atoms with Crippen LogP contribution in [0.15, 0.2) is 30.3 Å². The number of nitrogens with zero attached hydrogens (tertiary/aromatic N) is 4. The van der Waals surface area contributed by atoms with Crippen molar-refractivity contribution in [3.63, 3.8) is 0 Å². The Bertz CT molecular complexity index is 568. The summed E-state index contributed by atoms with van der Waals surface area (Å²) in [5, 5.41) is 20.6. The van der Waals surface area contributed by atoms with Crippen molar-refractivity contribution in [2.45, 2.75) is 45.1 Å². The van der Waals surface area contributed by atoms with Crippen LogP contribution in [0.25, 0.3) is 0 Å². The first-order valence-electron chi connectivity index (χ1n) is 7.23. The molecule has 1 N–H and O–H groups in total. The lowest BCUT2D eigenvalue weighted by atomic mass is 10.1. The van der Waals surface area contributed by atoms with E-state index in [1.165, 1.54) is 5.56 Å². The first-order valence-corrected chi connectivity index (χ1v) is 7.23. The molecule has 0 aliphatic carbocycles. The Hall–Kier alpha value is -2.24. The van der Waals surface area contributed by atoms with Gasteiger partial charge in [0.15, 0.2) is 5.82 Å². The fourth-order valence-electron chi connectivity index (χ4n) is 2.36. The monoisotopic (exact) mass is 288 g/mol. The van der Waals surface area contributed by atoms with Crippen molar-refractivity contribution in [3.8, 4) is 0 Å². The molecule has 2 rings (SSSR count). The minimum atomic E-state index is -0.826. The SMILES string of the molecule is CCC(CC(=O)O)n1nnnc1CCCc1ccccc1. The fraction of sp³-hybridized carbons (Fsp3) is 0.467. The number of benzene rings is 1. The maximum absolute atomic E-state index is 10.9. The van der Waals surface area contributed by atoms with Crippen LogP contribution >= 0.6 is 0 Å². The smallest absolute Gasteiger partial charge is 0.305 e. The number of carbonyl (C=O) groups is 1. The van der Waals surface area contributed by atoms with Crippen LogP contribution < -0.4 is 0 Å². The molecule has 6 heteroatoms. The lowest BCUT2D eigenvalue weighted by Gasteiger charge is -2.14. The summed E-state index contributed by atoms with van der Waals surface area (Å²) in [4.78, 5) is 10.9. The Morgan fingerprint density at radius 2 is 2.05 bits per heavy atom. The van der Waals surface area contributed by atoms with Gasteiger partial charge in [0, 0.05) is 6.42 Å². The van der Waals surface area contributed by atoms with E-state index < -0.39 is 5.97 Å². The zero-order valence-electron chi connectivity index (χ0n) is 12.1. The predicted octanol–water partition coefficient (Wildman–Crippen LogP) is 2.27. The van der Waals surface area contributed by atoms with Gasteiger partial charge < -0.3 is 5.11 Å². The third-order valence-electron chi connectivity index (χ3n) is 3.50. The molecule has 6 nitrogen and oxygen atoms in total. The highest BCUT2D eigenvalue weighted by Crippen LogP contribution is 2.17. The molecule has 0 aliphatic heterocycles. The minimum absolute atomic E-state index is 0.0488. The highest BCUT2D eigenvalue weighted by atomic mass is 16.4. The Balaban J connectivity index is 1.95. The van der Waals surface area contributed by atoms with E-state index in [1.807, 2.05) is 25.1 Å². The summed E-state index contributed by atoms with van der Waals surface area (Å²) in [7, 11) is 0. The minimum Gasteiger partial charge on any atom is -0.481 e. The lowest BCUT2D eigenvalue weighted by molar-refractivity contribution is -0.138. The molecule has 0 bridgehead atoms. The number of hydrogen-bond donors (Lipinski definition) is 1. The summed E-state index contributed by atoms with van der Waals surface area (Å²) in [5.41, 5.74) is 1.29. The van der Waals surface area contributed by atoms with Gasteiger partial charge in [-0.2, -0.15) is 0 Å². The van der Waals surface area contributed by atoms with Gasteiger partial charge in [0.05, 0.1) is 12.5 Å². The number of carboxylic acids is 1. The van der Waals surface area contributed by atoms with Crippen LogP contribution in [0.4, 0.5) is 0 Å². The number of aryl methyl sites for hydroxylation is 2. The molecule has 0 aliphatic rings. The summed E-state index contributed by atoms with van der Waals surface area (Å²) in [6.45, 7) is 1.95. The van der Waals surface area contributed by atoms with E-state index in [1.54, 1.807) is 4.68 Å². The fourth-order valence-corrected chi connectivity index (χ4v) is 2.36. The van der Waals surface area contributed by atoms with Gasteiger partial charge in [-0.3, -0.25) is 4.79 Å². The molecule has 1 aromatic heterocycles. The Morgan fingerprint density at radius 3 is 2.71 bits per heavy atom. The Labute approximate surface area is 123 Å². The first kappa shape index (κ1) is 15.2. The molecule has 112 valence electrons. The molecular weight excluding hydrogens is 268 g/mol. The second-order valence-electron chi connectivity index (χ2n) is 5.04. The normalized spacial score (nSPS) is 12.2. The largest absolute Gasteiger partial charge is 0.481 e. The molecule has 0 saturated carbocycles. The summed E-state index contributed by atoms with van der Waals surface area (Å²) in [6.07, 6.45) is 3.39. The zero-order valence-corrected chi connectivity index (χ0v) is 12.1. The van der Waals surface area contributed by atoms with Gasteiger partial charge >= 0.3 is 5.97 Å². The molecule has 1 aromatic carbocycles. The van der Waals surface area contributed by atoms with Crippen LogP contribution in [0.5, 0.6) is 0 Å². The standard InChI is InChI=1S/C15H20N4O2/c1-2-13(11-15(20)21)19-14(16-17-18-19)10-6-9-12-7-4-3-5-8-12/h3-5,7-8,13H,2,6,9-11H2,1H3,(H,20,21). The number of aromatic nitrogens is 4. The number of carboxylic acid groups (broad SMARTS) is 1. The van der Waals surface area contributed by atoms with Gasteiger partial charge in [-0.05, 0) is 35.3 Å². The van der Waals surface area contributed by atoms with Crippen molar-refractivity contribution in [2.75, 3.05) is 0 Å². The van der Waals surface area contributed by atoms with Crippen LogP contribution in [0.2, 0.25) is 0 Å². The van der Waals surface area contributed by atoms with Crippen LogP contribution in [0, 0.1) is 0 Å². The highest BCUT2D eigenvalue weighted by Gasteiger charge is 2.18. The van der Waals surface area contributed by atoms with Gasteiger partial charge in [0.25, 0.3) is 0 Å². The Morgan fingerprint density at radius 1 is 1.29 bits per heavy atom. The third-order valence-corrected chi connectivity index (χ3v) is 3.50. The average molecular weight is 288 g/mol. The molecule has 1 heterocycles. The van der Waals surface area contributed by atoms with Crippen molar-refractivity contribution in [1.82, 2.24) is 20.2 Å². The van der Waals surface area contributed by atoms with Crippen molar-refractivity contribution >= 4 is 5.97 Å². The van der Waals surface area contributed by atoms with E-state index in [0.717, 1.165) is 25.1 Å². The lowest BCUT2D eigenvalue weighted by Crippen LogP contribution is -2.17. The van der Waals surface area contributed by atoms with Gasteiger partial charge in [-0.15, -0.1) is 5.10 Å². The van der Waals surface area contributed by atoms with Crippen molar-refractivity contribution in [1.29, 1.82) is 0 Å². The molecule has 0 amide bonds. The summed E-state index contributed by atoms with van der Waals surface area (Å²) < 4.78 is 1.67. The number of hydrogen-bond acceptors (Lipinski definition) is 4. The summed E-state index contributed by atoms with van der Waals surface area (Å²) in [5.74, 6) is -0.0633. The van der Waals surface area contributed by atoms with Crippen molar-refractivity contribution in [2.24, 2.45) is 0 Å². The number of tetrazole rings is 1. The van der Waals surface area contributed by atoms with Crippen molar-refractivity contribution < 1.29 is 9.90 Å². The van der Waals surface area contributed by atoms with E-state index >= 15 is 0 Å². The van der Waals surface area contributed by atoms with E-state index in [9.17, 15) is 4.79 Å². The third kappa shape index (κ3) is 4.37. The topological polar surface area (TPSA) is 80.9 Å². The molecule has 0 spiro atoms. The van der Waals surface area contributed by atoms with Crippen LogP contribution in [0.3, 0.4) is 0 Å².